The standard InChI is InChI=1S/C24H26N2O6/c1-16(21(27)25-12-11-17-7-4-3-5-8-17)32-24(30)18-9-10-19-20(15-18)23(29)26(22(19)28)13-6-14-31-2/h3-5,7-10,15-16H,6,11-14H2,1-2H3,(H,25,27). The Morgan fingerprint density at radius 2 is 1.75 bits per heavy atom. The Kier molecular flexibility index (Phi) is 7.72. The van der Waals surface area contributed by atoms with E-state index in [4.69, 9.17) is 9.47 Å². The van der Waals surface area contributed by atoms with E-state index in [2.05, 4.69) is 5.32 Å². The summed E-state index contributed by atoms with van der Waals surface area (Å²) < 4.78 is 10.2. The van der Waals surface area contributed by atoms with Crippen LogP contribution in [0.5, 0.6) is 0 Å². The van der Waals surface area contributed by atoms with Gasteiger partial charge in [0.2, 0.25) is 0 Å². The van der Waals surface area contributed by atoms with Crippen molar-refractivity contribution >= 4 is 23.7 Å². The molecule has 1 aliphatic heterocycles. The molecule has 0 spiro atoms. The Morgan fingerprint density at radius 3 is 2.47 bits per heavy atom. The summed E-state index contributed by atoms with van der Waals surface area (Å²) in [6.45, 7) is 2.56. The lowest BCUT2D eigenvalue weighted by atomic mass is 10.1. The van der Waals surface area contributed by atoms with Crippen LogP contribution in [0.1, 0.15) is 50.0 Å². The molecule has 1 heterocycles. The van der Waals surface area contributed by atoms with Gasteiger partial charge in [0, 0.05) is 26.8 Å². The van der Waals surface area contributed by atoms with Gasteiger partial charge in [-0.2, -0.15) is 0 Å². The van der Waals surface area contributed by atoms with Gasteiger partial charge >= 0.3 is 5.97 Å². The number of carbonyl (C=O) groups is 4. The lowest BCUT2D eigenvalue weighted by Crippen LogP contribution is -2.36. The number of fused-ring (bicyclic) bond motifs is 1. The number of methoxy groups -OCH3 is 1. The molecule has 0 aromatic heterocycles. The van der Waals surface area contributed by atoms with Crippen molar-refractivity contribution in [2.24, 2.45) is 0 Å². The molecule has 8 heteroatoms. The summed E-state index contributed by atoms with van der Waals surface area (Å²) in [4.78, 5) is 50.9. The van der Waals surface area contributed by atoms with Crippen molar-refractivity contribution in [2.75, 3.05) is 26.8 Å². The van der Waals surface area contributed by atoms with Gasteiger partial charge in [0.05, 0.1) is 16.7 Å². The largest absolute Gasteiger partial charge is 0.449 e. The second-order valence-corrected chi connectivity index (χ2v) is 7.44. The maximum atomic E-state index is 12.6. The van der Waals surface area contributed by atoms with Crippen molar-refractivity contribution in [3.05, 3.63) is 70.8 Å². The molecule has 0 saturated carbocycles. The fourth-order valence-electron chi connectivity index (χ4n) is 3.39. The van der Waals surface area contributed by atoms with Crippen LogP contribution in [-0.2, 0) is 20.7 Å². The molecular formula is C24H26N2O6. The quantitative estimate of drug-likeness (QED) is 0.347. The van der Waals surface area contributed by atoms with E-state index in [9.17, 15) is 19.2 Å². The van der Waals surface area contributed by atoms with Crippen LogP contribution < -0.4 is 5.32 Å². The van der Waals surface area contributed by atoms with Gasteiger partial charge in [-0.15, -0.1) is 0 Å². The van der Waals surface area contributed by atoms with Crippen molar-refractivity contribution in [1.82, 2.24) is 10.2 Å². The molecule has 3 rings (SSSR count). The Bertz CT molecular complexity index is 1000. The Morgan fingerprint density at radius 1 is 1.03 bits per heavy atom. The fraction of sp³-hybridized carbons (Fsp3) is 0.333. The molecule has 1 N–H and O–H groups in total. The van der Waals surface area contributed by atoms with Crippen LogP contribution in [0.25, 0.3) is 0 Å². The van der Waals surface area contributed by atoms with E-state index in [0.29, 0.717) is 26.0 Å². The predicted octanol–water partition coefficient (Wildman–Crippen LogP) is 2.22. The molecular weight excluding hydrogens is 412 g/mol. The zero-order valence-electron chi connectivity index (χ0n) is 18.1. The smallest absolute Gasteiger partial charge is 0.338 e. The lowest BCUT2D eigenvalue weighted by molar-refractivity contribution is -0.129. The van der Waals surface area contributed by atoms with E-state index in [0.717, 1.165) is 10.5 Å². The van der Waals surface area contributed by atoms with Gasteiger partial charge in [0.25, 0.3) is 17.7 Å². The number of carbonyl (C=O) groups excluding carboxylic acids is 4. The number of nitrogens with one attached hydrogen (secondary N) is 1. The van der Waals surface area contributed by atoms with Gasteiger partial charge in [0.15, 0.2) is 6.10 Å². The molecule has 8 nitrogen and oxygen atoms in total. The molecule has 0 bridgehead atoms. The summed E-state index contributed by atoms with van der Waals surface area (Å²) in [7, 11) is 1.55. The van der Waals surface area contributed by atoms with Crippen LogP contribution in [-0.4, -0.2) is 61.5 Å². The molecule has 0 radical (unpaired) electrons. The molecule has 0 aliphatic carbocycles. The average Bonchev–Trinajstić information content (AvgIpc) is 3.04. The lowest BCUT2D eigenvalue weighted by Gasteiger charge is -2.14. The van der Waals surface area contributed by atoms with Crippen molar-refractivity contribution in [2.45, 2.75) is 25.9 Å². The van der Waals surface area contributed by atoms with E-state index in [1.807, 2.05) is 30.3 Å². The zero-order valence-corrected chi connectivity index (χ0v) is 18.1. The summed E-state index contributed by atoms with van der Waals surface area (Å²) in [5.41, 5.74) is 1.59. The predicted molar refractivity (Wildman–Crippen MR) is 116 cm³/mol. The zero-order chi connectivity index (χ0) is 23.1. The number of amides is 3. The van der Waals surface area contributed by atoms with Crippen LogP contribution in [0.4, 0.5) is 0 Å². The molecule has 2 aromatic carbocycles. The van der Waals surface area contributed by atoms with Crippen LogP contribution in [0.3, 0.4) is 0 Å². The number of hydrogen-bond donors (Lipinski definition) is 1. The normalized spacial score (nSPS) is 13.6. The molecule has 0 fully saturated rings. The summed E-state index contributed by atoms with van der Waals surface area (Å²) >= 11 is 0. The summed E-state index contributed by atoms with van der Waals surface area (Å²) in [6, 6.07) is 13.9. The van der Waals surface area contributed by atoms with E-state index < -0.39 is 29.8 Å². The van der Waals surface area contributed by atoms with E-state index in [1.54, 1.807) is 7.11 Å². The number of rotatable bonds is 10. The maximum absolute atomic E-state index is 12.6. The summed E-state index contributed by atoms with van der Waals surface area (Å²) in [6.07, 6.45) is 0.178. The van der Waals surface area contributed by atoms with Gasteiger partial charge in [-0.3, -0.25) is 19.3 Å². The highest BCUT2D eigenvalue weighted by Crippen LogP contribution is 2.24. The molecule has 0 saturated heterocycles. The van der Waals surface area contributed by atoms with Crippen LogP contribution in [0.15, 0.2) is 48.5 Å². The Labute approximate surface area is 186 Å². The minimum atomic E-state index is -1.01. The van der Waals surface area contributed by atoms with Crippen molar-refractivity contribution < 1.29 is 28.7 Å². The van der Waals surface area contributed by atoms with Gasteiger partial charge < -0.3 is 14.8 Å². The second-order valence-electron chi connectivity index (χ2n) is 7.44. The van der Waals surface area contributed by atoms with Crippen LogP contribution in [0, 0.1) is 0 Å². The third kappa shape index (κ3) is 5.39. The molecule has 1 aliphatic rings. The highest BCUT2D eigenvalue weighted by molar-refractivity contribution is 6.22. The third-order valence-electron chi connectivity index (χ3n) is 5.15. The number of benzene rings is 2. The first kappa shape index (κ1) is 23.1. The minimum Gasteiger partial charge on any atom is -0.449 e. The van der Waals surface area contributed by atoms with Gasteiger partial charge in [-0.05, 0) is 43.5 Å². The number of esters is 1. The first-order chi connectivity index (χ1) is 15.4. The number of ether oxygens (including phenoxy) is 2. The number of nitrogens with zero attached hydrogens (tertiary/aromatic N) is 1. The highest BCUT2D eigenvalue weighted by Gasteiger charge is 2.35. The SMILES string of the molecule is COCCCN1C(=O)c2ccc(C(=O)OC(C)C(=O)NCCc3ccccc3)cc2C1=O. The molecule has 2 aromatic rings. The van der Waals surface area contributed by atoms with Crippen molar-refractivity contribution in [3.8, 4) is 0 Å². The van der Waals surface area contributed by atoms with Crippen LogP contribution >= 0.6 is 0 Å². The number of imide groups is 1. The second kappa shape index (κ2) is 10.7. The Balaban J connectivity index is 1.56. The number of hydrogen-bond acceptors (Lipinski definition) is 6. The first-order valence-corrected chi connectivity index (χ1v) is 10.4. The van der Waals surface area contributed by atoms with Gasteiger partial charge in [-0.1, -0.05) is 30.3 Å². The summed E-state index contributed by atoms with van der Waals surface area (Å²) in [5.74, 6) is -2.00. The molecule has 168 valence electrons. The molecule has 1 unspecified atom stereocenters. The Hall–Kier alpha value is -3.52. The molecule has 3 amide bonds. The monoisotopic (exact) mass is 438 g/mol. The third-order valence-corrected chi connectivity index (χ3v) is 5.15. The van der Waals surface area contributed by atoms with Crippen LogP contribution in [0.2, 0.25) is 0 Å². The molecule has 32 heavy (non-hydrogen) atoms. The molecule has 1 atom stereocenters. The maximum Gasteiger partial charge on any atom is 0.338 e. The van der Waals surface area contributed by atoms with Crippen molar-refractivity contribution in [1.29, 1.82) is 0 Å². The van der Waals surface area contributed by atoms with Crippen molar-refractivity contribution in [3.63, 3.8) is 0 Å². The van der Waals surface area contributed by atoms with Gasteiger partial charge in [0.1, 0.15) is 0 Å². The highest BCUT2D eigenvalue weighted by atomic mass is 16.5. The van der Waals surface area contributed by atoms with E-state index in [1.165, 1.54) is 25.1 Å². The van der Waals surface area contributed by atoms with E-state index >= 15 is 0 Å². The first-order valence-electron chi connectivity index (χ1n) is 10.4. The topological polar surface area (TPSA) is 102 Å². The van der Waals surface area contributed by atoms with E-state index in [-0.39, 0.29) is 23.2 Å². The fourth-order valence-corrected chi connectivity index (χ4v) is 3.39. The summed E-state index contributed by atoms with van der Waals surface area (Å²) in [5, 5.41) is 2.74. The minimum absolute atomic E-state index is 0.104. The average molecular weight is 438 g/mol. The van der Waals surface area contributed by atoms with Gasteiger partial charge in [-0.25, -0.2) is 4.79 Å².